The number of benzene rings is 2. The van der Waals surface area contributed by atoms with Gasteiger partial charge in [-0.1, -0.05) is 61.4 Å². The largest absolute Gasteiger partial charge is 0.102 e. The Balaban J connectivity index is 1.98. The van der Waals surface area contributed by atoms with Crippen LogP contribution in [0.5, 0.6) is 0 Å². The number of allylic oxidation sites excluding steroid dienone is 1. The zero-order valence-electron chi connectivity index (χ0n) is 10.8. The lowest BCUT2D eigenvalue weighted by Gasteiger charge is -2.20. The molecule has 1 unspecified atom stereocenters. The molecule has 0 aromatic heterocycles. The fourth-order valence-electron chi connectivity index (χ4n) is 3.33. The number of fused-ring (bicyclic) bond motifs is 1. The molecule has 3 rings (SSSR count). The molecule has 2 aromatic carbocycles. The van der Waals surface area contributed by atoms with Crippen molar-refractivity contribution in [3.05, 3.63) is 60.7 Å². The van der Waals surface area contributed by atoms with Crippen LogP contribution in [0, 0.1) is 5.92 Å². The first kappa shape index (κ1) is 11.5. The average Bonchev–Trinajstić information content (AvgIpc) is 2.93. The van der Waals surface area contributed by atoms with E-state index in [1.165, 1.54) is 42.0 Å². The van der Waals surface area contributed by atoms with Gasteiger partial charge in [-0.15, -0.1) is 6.58 Å². The van der Waals surface area contributed by atoms with Crippen LogP contribution < -0.4 is 0 Å². The summed E-state index contributed by atoms with van der Waals surface area (Å²) in [5, 5.41) is 2.68. The number of hydrogen-bond acceptors (Lipinski definition) is 0. The highest BCUT2D eigenvalue weighted by Gasteiger charge is 2.23. The van der Waals surface area contributed by atoms with E-state index in [-0.39, 0.29) is 0 Å². The molecular weight excluding hydrogens is 216 g/mol. The Kier molecular flexibility index (Phi) is 3.19. The van der Waals surface area contributed by atoms with Crippen molar-refractivity contribution < 1.29 is 0 Å². The minimum Gasteiger partial charge on any atom is -0.102 e. The van der Waals surface area contributed by atoms with Gasteiger partial charge in [-0.2, -0.15) is 0 Å². The lowest BCUT2D eigenvalue weighted by Crippen LogP contribution is -2.06. The Labute approximate surface area is 109 Å². The first-order valence-electron chi connectivity index (χ1n) is 7.00. The molecule has 0 amide bonds. The third-order valence-corrected chi connectivity index (χ3v) is 4.32. The molecule has 0 heteroatoms. The van der Waals surface area contributed by atoms with Crippen LogP contribution in [-0.2, 0) is 0 Å². The molecule has 1 atom stereocenters. The highest BCUT2D eigenvalue weighted by Crippen LogP contribution is 2.38. The quantitative estimate of drug-likeness (QED) is 0.634. The minimum absolute atomic E-state index is 0.539. The van der Waals surface area contributed by atoms with Gasteiger partial charge in [0, 0.05) is 5.92 Å². The van der Waals surface area contributed by atoms with E-state index in [4.69, 9.17) is 0 Å². The average molecular weight is 236 g/mol. The molecule has 0 radical (unpaired) electrons. The van der Waals surface area contributed by atoms with Crippen LogP contribution in [0.3, 0.4) is 0 Å². The van der Waals surface area contributed by atoms with Crippen LogP contribution in [0.25, 0.3) is 10.8 Å². The van der Waals surface area contributed by atoms with Gasteiger partial charge in [-0.25, -0.2) is 0 Å². The van der Waals surface area contributed by atoms with Crippen LogP contribution >= 0.6 is 0 Å². The second-order valence-corrected chi connectivity index (χ2v) is 5.41. The Morgan fingerprint density at radius 1 is 1.00 bits per heavy atom. The van der Waals surface area contributed by atoms with E-state index in [1.807, 2.05) is 0 Å². The normalized spacial score (nSPS) is 18.0. The molecule has 2 aromatic rings. The van der Waals surface area contributed by atoms with Crippen LogP contribution in [0.4, 0.5) is 0 Å². The third kappa shape index (κ3) is 2.08. The molecule has 1 saturated carbocycles. The van der Waals surface area contributed by atoms with Crippen molar-refractivity contribution in [2.75, 3.05) is 0 Å². The Hall–Kier alpha value is -1.56. The molecule has 1 fully saturated rings. The fraction of sp³-hybridized carbons (Fsp3) is 0.333. The summed E-state index contributed by atoms with van der Waals surface area (Å²) < 4.78 is 0. The van der Waals surface area contributed by atoms with Crippen molar-refractivity contribution in [3.63, 3.8) is 0 Å². The lowest BCUT2D eigenvalue weighted by atomic mass is 9.84. The summed E-state index contributed by atoms with van der Waals surface area (Å²) >= 11 is 0. The summed E-state index contributed by atoms with van der Waals surface area (Å²) in [7, 11) is 0. The summed E-state index contributed by atoms with van der Waals surface area (Å²) in [4.78, 5) is 0. The van der Waals surface area contributed by atoms with Crippen molar-refractivity contribution in [2.24, 2.45) is 5.92 Å². The van der Waals surface area contributed by atoms with Crippen molar-refractivity contribution >= 4 is 10.8 Å². The molecule has 0 spiro atoms. The second-order valence-electron chi connectivity index (χ2n) is 5.41. The zero-order chi connectivity index (χ0) is 12.4. The van der Waals surface area contributed by atoms with E-state index in [9.17, 15) is 0 Å². The second kappa shape index (κ2) is 4.97. The van der Waals surface area contributed by atoms with Crippen LogP contribution in [0.2, 0.25) is 0 Å². The predicted molar refractivity (Wildman–Crippen MR) is 78.8 cm³/mol. The van der Waals surface area contributed by atoms with E-state index in [1.54, 1.807) is 0 Å². The van der Waals surface area contributed by atoms with E-state index in [0.29, 0.717) is 5.92 Å². The molecule has 0 heterocycles. The third-order valence-electron chi connectivity index (χ3n) is 4.32. The maximum Gasteiger partial charge on any atom is 0.00438 e. The Morgan fingerprint density at radius 3 is 2.44 bits per heavy atom. The van der Waals surface area contributed by atoms with E-state index < -0.39 is 0 Å². The summed E-state index contributed by atoms with van der Waals surface area (Å²) in [6, 6.07) is 15.5. The lowest BCUT2D eigenvalue weighted by molar-refractivity contribution is 0.495. The zero-order valence-corrected chi connectivity index (χ0v) is 10.8. The van der Waals surface area contributed by atoms with Gasteiger partial charge in [0.2, 0.25) is 0 Å². The minimum atomic E-state index is 0.539. The molecule has 0 bridgehead atoms. The van der Waals surface area contributed by atoms with Crippen LogP contribution in [0.1, 0.15) is 37.2 Å². The first-order valence-corrected chi connectivity index (χ1v) is 7.00. The molecular formula is C18H20. The summed E-state index contributed by atoms with van der Waals surface area (Å²) in [5.41, 5.74) is 1.44. The number of rotatable bonds is 3. The van der Waals surface area contributed by atoms with Gasteiger partial charge in [-0.05, 0) is 35.1 Å². The molecule has 1 aliphatic carbocycles. The van der Waals surface area contributed by atoms with E-state index in [2.05, 4.69) is 55.1 Å². The van der Waals surface area contributed by atoms with Crippen molar-refractivity contribution in [2.45, 2.75) is 31.6 Å². The first-order chi connectivity index (χ1) is 8.88. The predicted octanol–water partition coefficient (Wildman–Crippen LogP) is 5.30. The summed E-state index contributed by atoms with van der Waals surface area (Å²) in [6.07, 6.45) is 7.66. The van der Waals surface area contributed by atoms with Crippen molar-refractivity contribution in [3.8, 4) is 0 Å². The highest BCUT2D eigenvalue weighted by molar-refractivity contribution is 5.83. The standard InChI is InChI=1S/C18H20/c1-2-18(15-8-4-5-9-15)17-12-11-14-7-3-6-10-16(14)13-17/h2-3,6-7,10-13,15,18H,1,4-5,8-9H2. The monoisotopic (exact) mass is 236 g/mol. The van der Waals surface area contributed by atoms with E-state index >= 15 is 0 Å². The van der Waals surface area contributed by atoms with Gasteiger partial charge in [0.1, 0.15) is 0 Å². The van der Waals surface area contributed by atoms with Gasteiger partial charge >= 0.3 is 0 Å². The van der Waals surface area contributed by atoms with Gasteiger partial charge in [0.05, 0.1) is 0 Å². The van der Waals surface area contributed by atoms with Crippen LogP contribution in [-0.4, -0.2) is 0 Å². The van der Waals surface area contributed by atoms with Gasteiger partial charge in [0.15, 0.2) is 0 Å². The van der Waals surface area contributed by atoms with Gasteiger partial charge < -0.3 is 0 Å². The molecule has 1 aliphatic rings. The SMILES string of the molecule is C=CC(c1ccc2ccccc2c1)C1CCCC1. The maximum atomic E-state index is 4.06. The van der Waals surface area contributed by atoms with Gasteiger partial charge in [0.25, 0.3) is 0 Å². The maximum absolute atomic E-state index is 4.06. The fourth-order valence-corrected chi connectivity index (χ4v) is 3.33. The Bertz CT molecular complexity index is 547. The Morgan fingerprint density at radius 2 is 1.72 bits per heavy atom. The molecule has 18 heavy (non-hydrogen) atoms. The molecule has 0 nitrogen and oxygen atoms in total. The molecule has 0 N–H and O–H groups in total. The topological polar surface area (TPSA) is 0 Å². The summed E-state index contributed by atoms with van der Waals surface area (Å²) in [6.45, 7) is 4.06. The van der Waals surface area contributed by atoms with Gasteiger partial charge in [-0.3, -0.25) is 0 Å². The smallest absolute Gasteiger partial charge is 0.00438 e. The van der Waals surface area contributed by atoms with Crippen molar-refractivity contribution in [1.82, 2.24) is 0 Å². The summed E-state index contributed by atoms with van der Waals surface area (Å²) in [5.74, 6) is 1.35. The molecule has 0 saturated heterocycles. The van der Waals surface area contributed by atoms with E-state index in [0.717, 1.165) is 5.92 Å². The highest BCUT2D eigenvalue weighted by atomic mass is 14.3. The van der Waals surface area contributed by atoms with Crippen molar-refractivity contribution in [1.29, 1.82) is 0 Å². The molecule has 92 valence electrons. The molecule has 0 aliphatic heterocycles. The van der Waals surface area contributed by atoms with Crippen LogP contribution in [0.15, 0.2) is 55.1 Å². The number of hydrogen-bond donors (Lipinski definition) is 0.